The number of hydrogen-bond donors (Lipinski definition) is 3. The fraction of sp³-hybridized carbons (Fsp3) is 0.429. The summed E-state index contributed by atoms with van der Waals surface area (Å²) in [6.45, 7) is 9.53. The van der Waals surface area contributed by atoms with E-state index >= 15 is 0 Å². The van der Waals surface area contributed by atoms with Crippen molar-refractivity contribution in [1.29, 1.82) is 0 Å². The zero-order valence-electron chi connectivity index (χ0n) is 17.3. The SMILES string of the molecule is CC(C)(C)C[N+]1(C)CCc2c(sc(NC(=O)Nc3ccc(Cl)cc3)c2C(N)=O)C1. The van der Waals surface area contributed by atoms with Crippen molar-refractivity contribution in [3.63, 3.8) is 0 Å². The highest BCUT2D eigenvalue weighted by molar-refractivity contribution is 7.17. The summed E-state index contributed by atoms with van der Waals surface area (Å²) >= 11 is 7.33. The largest absolute Gasteiger partial charge is 0.365 e. The van der Waals surface area contributed by atoms with Gasteiger partial charge in [0.1, 0.15) is 11.5 Å². The van der Waals surface area contributed by atoms with E-state index in [9.17, 15) is 9.59 Å². The first-order valence-electron chi connectivity index (χ1n) is 9.57. The van der Waals surface area contributed by atoms with E-state index in [0.29, 0.717) is 21.3 Å². The summed E-state index contributed by atoms with van der Waals surface area (Å²) in [6, 6.07) is 6.41. The van der Waals surface area contributed by atoms with Crippen LogP contribution in [-0.4, -0.2) is 36.6 Å². The molecule has 0 radical (unpaired) electrons. The first kappa shape index (κ1) is 21.6. The lowest BCUT2D eigenvalue weighted by atomic mass is 9.92. The predicted molar refractivity (Wildman–Crippen MR) is 120 cm³/mol. The number of fused-ring (bicyclic) bond motifs is 1. The number of amides is 3. The first-order valence-corrected chi connectivity index (χ1v) is 10.8. The number of nitrogens with zero attached hydrogens (tertiary/aromatic N) is 1. The lowest BCUT2D eigenvalue weighted by Crippen LogP contribution is -2.51. The van der Waals surface area contributed by atoms with E-state index in [-0.39, 0.29) is 5.41 Å². The van der Waals surface area contributed by atoms with Gasteiger partial charge in [-0.05, 0) is 29.8 Å². The highest BCUT2D eigenvalue weighted by Gasteiger charge is 2.37. The number of carbonyl (C=O) groups is 2. The molecule has 0 spiro atoms. The Bertz CT molecular complexity index is 933. The number of anilines is 2. The van der Waals surface area contributed by atoms with Crippen LogP contribution in [0.3, 0.4) is 0 Å². The third kappa shape index (κ3) is 5.29. The third-order valence-electron chi connectivity index (χ3n) is 4.95. The molecule has 1 aromatic carbocycles. The van der Waals surface area contributed by atoms with E-state index in [1.54, 1.807) is 24.3 Å². The fourth-order valence-corrected chi connectivity index (χ4v) is 5.68. The van der Waals surface area contributed by atoms with Crippen LogP contribution in [0, 0.1) is 5.41 Å². The van der Waals surface area contributed by atoms with Crippen molar-refractivity contribution in [3.05, 3.63) is 45.3 Å². The van der Waals surface area contributed by atoms with Gasteiger partial charge >= 0.3 is 6.03 Å². The number of hydrogen-bond acceptors (Lipinski definition) is 3. The van der Waals surface area contributed by atoms with Crippen LogP contribution in [0.25, 0.3) is 0 Å². The standard InChI is InChI=1S/C21H27ClN4O2S/c1-21(2,3)12-26(4)10-9-15-16(11-26)29-19(17(15)18(23)27)25-20(28)24-14-7-5-13(22)6-8-14/h5-8H,9-12H2,1-4H3,(H3-,23,24,25,27,28)/p+1. The molecule has 156 valence electrons. The number of quaternary nitrogens is 1. The Labute approximate surface area is 180 Å². The Morgan fingerprint density at radius 1 is 1.21 bits per heavy atom. The molecule has 1 aromatic heterocycles. The molecule has 1 aliphatic rings. The van der Waals surface area contributed by atoms with Crippen LogP contribution in [0.4, 0.5) is 15.5 Å². The Kier molecular flexibility index (Phi) is 5.94. The molecule has 2 heterocycles. The van der Waals surface area contributed by atoms with Crippen LogP contribution in [0.15, 0.2) is 24.3 Å². The minimum atomic E-state index is -0.504. The number of halogens is 1. The van der Waals surface area contributed by atoms with E-state index in [0.717, 1.165) is 41.0 Å². The Balaban J connectivity index is 1.81. The van der Waals surface area contributed by atoms with Crippen molar-refractivity contribution in [2.45, 2.75) is 33.7 Å². The van der Waals surface area contributed by atoms with Gasteiger partial charge in [-0.2, -0.15) is 0 Å². The molecule has 3 amide bonds. The molecule has 6 nitrogen and oxygen atoms in total. The summed E-state index contributed by atoms with van der Waals surface area (Å²) in [4.78, 5) is 25.7. The minimum Gasteiger partial charge on any atom is -0.365 e. The maximum atomic E-state index is 12.5. The summed E-state index contributed by atoms with van der Waals surface area (Å²) in [5, 5.41) is 6.67. The van der Waals surface area contributed by atoms with Gasteiger partial charge in [0.2, 0.25) is 0 Å². The number of benzene rings is 1. The van der Waals surface area contributed by atoms with Gasteiger partial charge in [-0.15, -0.1) is 11.3 Å². The Morgan fingerprint density at radius 3 is 2.45 bits per heavy atom. The Morgan fingerprint density at radius 2 is 1.86 bits per heavy atom. The van der Waals surface area contributed by atoms with Gasteiger partial charge in [0.15, 0.2) is 0 Å². The van der Waals surface area contributed by atoms with Crippen molar-refractivity contribution in [2.75, 3.05) is 30.8 Å². The second-order valence-electron chi connectivity index (χ2n) is 9.13. The van der Waals surface area contributed by atoms with Crippen LogP contribution in [-0.2, 0) is 13.0 Å². The van der Waals surface area contributed by atoms with Gasteiger partial charge in [-0.3, -0.25) is 10.1 Å². The van der Waals surface area contributed by atoms with Crippen LogP contribution in [0.2, 0.25) is 5.02 Å². The number of primary amides is 1. The highest BCUT2D eigenvalue weighted by atomic mass is 35.5. The molecule has 29 heavy (non-hydrogen) atoms. The van der Waals surface area contributed by atoms with Gasteiger partial charge in [0, 0.05) is 22.5 Å². The molecular weight excluding hydrogens is 408 g/mol. The second kappa shape index (κ2) is 7.97. The van der Waals surface area contributed by atoms with Gasteiger partial charge in [0.25, 0.3) is 5.91 Å². The lowest BCUT2D eigenvalue weighted by molar-refractivity contribution is -0.929. The molecular formula is C21H28ClN4O2S+. The van der Waals surface area contributed by atoms with E-state index < -0.39 is 11.9 Å². The molecule has 1 aliphatic heterocycles. The number of rotatable bonds is 4. The Hall–Kier alpha value is -2.09. The molecule has 1 atom stereocenters. The summed E-state index contributed by atoms with van der Waals surface area (Å²) in [7, 11) is 2.25. The molecule has 2 aromatic rings. The molecule has 8 heteroatoms. The van der Waals surface area contributed by atoms with E-state index in [2.05, 4.69) is 38.5 Å². The zero-order chi connectivity index (χ0) is 21.4. The average Bonchev–Trinajstić information content (AvgIpc) is 2.91. The molecule has 0 bridgehead atoms. The minimum absolute atomic E-state index is 0.204. The number of nitrogens with two attached hydrogens (primary N) is 1. The summed E-state index contributed by atoms with van der Waals surface area (Å²) in [5.74, 6) is -0.504. The normalized spacial score (nSPS) is 18.8. The highest BCUT2D eigenvalue weighted by Crippen LogP contribution is 2.39. The van der Waals surface area contributed by atoms with E-state index in [1.165, 1.54) is 11.3 Å². The summed E-state index contributed by atoms with van der Waals surface area (Å²) in [5.41, 5.74) is 7.91. The quantitative estimate of drug-likeness (QED) is 0.608. The fourth-order valence-electron chi connectivity index (χ4n) is 4.14. The van der Waals surface area contributed by atoms with E-state index in [4.69, 9.17) is 17.3 Å². The summed E-state index contributed by atoms with van der Waals surface area (Å²) in [6.07, 6.45) is 0.775. The third-order valence-corrected chi connectivity index (χ3v) is 6.33. The molecule has 0 fully saturated rings. The average molecular weight is 436 g/mol. The summed E-state index contributed by atoms with van der Waals surface area (Å²) < 4.78 is 0.908. The maximum absolute atomic E-state index is 12.5. The van der Waals surface area contributed by atoms with Gasteiger partial charge < -0.3 is 15.5 Å². The maximum Gasteiger partial charge on any atom is 0.324 e. The van der Waals surface area contributed by atoms with Crippen molar-refractivity contribution < 1.29 is 14.1 Å². The monoisotopic (exact) mass is 435 g/mol. The number of carbonyl (C=O) groups excluding carboxylic acids is 2. The second-order valence-corrected chi connectivity index (χ2v) is 10.7. The van der Waals surface area contributed by atoms with Gasteiger partial charge in [-0.1, -0.05) is 32.4 Å². The first-order chi connectivity index (χ1) is 13.5. The van der Waals surface area contributed by atoms with Crippen LogP contribution >= 0.6 is 22.9 Å². The number of urea groups is 1. The topological polar surface area (TPSA) is 84.2 Å². The van der Waals surface area contributed by atoms with Gasteiger partial charge in [-0.25, -0.2) is 4.79 Å². The molecule has 0 saturated carbocycles. The van der Waals surface area contributed by atoms with Crippen LogP contribution in [0.1, 0.15) is 41.6 Å². The van der Waals surface area contributed by atoms with Crippen molar-refractivity contribution in [1.82, 2.24) is 0 Å². The molecule has 4 N–H and O–H groups in total. The molecule has 1 unspecified atom stereocenters. The zero-order valence-corrected chi connectivity index (χ0v) is 18.8. The van der Waals surface area contributed by atoms with Crippen molar-refractivity contribution >= 4 is 45.6 Å². The van der Waals surface area contributed by atoms with Gasteiger partial charge in [0.05, 0.1) is 30.6 Å². The molecule has 0 aliphatic carbocycles. The molecule has 3 rings (SSSR count). The lowest BCUT2D eigenvalue weighted by Gasteiger charge is -2.41. The van der Waals surface area contributed by atoms with E-state index in [1.807, 2.05) is 0 Å². The number of nitrogens with one attached hydrogen (secondary N) is 2. The van der Waals surface area contributed by atoms with Crippen LogP contribution in [0.5, 0.6) is 0 Å². The van der Waals surface area contributed by atoms with Crippen molar-refractivity contribution in [3.8, 4) is 0 Å². The van der Waals surface area contributed by atoms with Crippen LogP contribution < -0.4 is 16.4 Å². The number of likely N-dealkylation sites (N-methyl/N-ethyl adjacent to an activating group) is 1. The van der Waals surface area contributed by atoms with Crippen molar-refractivity contribution in [2.24, 2.45) is 11.1 Å². The smallest absolute Gasteiger partial charge is 0.324 e. The number of thiophene rings is 1. The predicted octanol–water partition coefficient (Wildman–Crippen LogP) is 4.69. The molecule has 0 saturated heterocycles.